The quantitative estimate of drug-likeness (QED) is 0.869. The highest BCUT2D eigenvalue weighted by Gasteiger charge is 2.18. The molecule has 0 aromatic carbocycles. The zero-order chi connectivity index (χ0) is 12.1. The molecule has 1 fully saturated rings. The van der Waals surface area contributed by atoms with Crippen LogP contribution in [0.2, 0.25) is 0 Å². The number of nitrogens with zero attached hydrogens (tertiary/aromatic N) is 2. The van der Waals surface area contributed by atoms with Crippen LogP contribution < -0.4 is 10.6 Å². The lowest BCUT2D eigenvalue weighted by Gasteiger charge is -2.30. The first-order chi connectivity index (χ1) is 8.33. The Kier molecular flexibility index (Phi) is 4.37. The van der Waals surface area contributed by atoms with Crippen molar-refractivity contribution < 1.29 is 0 Å². The van der Waals surface area contributed by atoms with E-state index in [4.69, 9.17) is 5.73 Å². The van der Waals surface area contributed by atoms with Crippen molar-refractivity contribution in [2.45, 2.75) is 38.5 Å². The number of pyridine rings is 1. The van der Waals surface area contributed by atoms with Crippen LogP contribution in [0.25, 0.3) is 0 Å². The molecule has 1 atom stereocenters. The van der Waals surface area contributed by atoms with Gasteiger partial charge in [-0.25, -0.2) is 4.98 Å². The molecular formula is C14H23N3. The molecule has 2 heterocycles. The molecule has 3 heteroatoms. The molecule has 2 rings (SSSR count). The molecule has 1 aliphatic rings. The van der Waals surface area contributed by atoms with Gasteiger partial charge in [0.15, 0.2) is 0 Å². The van der Waals surface area contributed by atoms with Crippen molar-refractivity contribution in [2.75, 3.05) is 24.5 Å². The van der Waals surface area contributed by atoms with Crippen LogP contribution in [0, 0.1) is 0 Å². The molecule has 0 saturated carbocycles. The van der Waals surface area contributed by atoms with E-state index in [2.05, 4.69) is 22.9 Å². The summed E-state index contributed by atoms with van der Waals surface area (Å²) in [4.78, 5) is 7.03. The molecule has 1 saturated heterocycles. The molecule has 3 nitrogen and oxygen atoms in total. The molecule has 94 valence electrons. The van der Waals surface area contributed by atoms with E-state index in [0.717, 1.165) is 26.1 Å². The first-order valence-corrected chi connectivity index (χ1v) is 6.73. The van der Waals surface area contributed by atoms with Crippen LogP contribution in [0.3, 0.4) is 0 Å². The summed E-state index contributed by atoms with van der Waals surface area (Å²) in [6.45, 7) is 5.30. The zero-order valence-corrected chi connectivity index (χ0v) is 10.7. The van der Waals surface area contributed by atoms with Gasteiger partial charge in [0.1, 0.15) is 5.82 Å². The third kappa shape index (κ3) is 2.97. The third-order valence-electron chi connectivity index (χ3n) is 3.60. The average molecular weight is 233 g/mol. The predicted molar refractivity (Wildman–Crippen MR) is 72.4 cm³/mol. The topological polar surface area (TPSA) is 42.1 Å². The van der Waals surface area contributed by atoms with E-state index in [0.29, 0.717) is 5.92 Å². The number of nitrogens with two attached hydrogens (primary N) is 1. The Bertz CT molecular complexity index is 345. The van der Waals surface area contributed by atoms with Crippen molar-refractivity contribution in [3.63, 3.8) is 0 Å². The molecule has 0 amide bonds. The third-order valence-corrected chi connectivity index (χ3v) is 3.60. The first-order valence-electron chi connectivity index (χ1n) is 6.73. The summed E-state index contributed by atoms with van der Waals surface area (Å²) in [7, 11) is 0. The summed E-state index contributed by atoms with van der Waals surface area (Å²) in [6, 6.07) is 4.24. The summed E-state index contributed by atoms with van der Waals surface area (Å²) >= 11 is 0. The second kappa shape index (κ2) is 6.01. The van der Waals surface area contributed by atoms with Crippen LogP contribution >= 0.6 is 0 Å². The van der Waals surface area contributed by atoms with Crippen LogP contribution in [0.5, 0.6) is 0 Å². The highest BCUT2D eigenvalue weighted by atomic mass is 15.2. The van der Waals surface area contributed by atoms with Gasteiger partial charge in [0.25, 0.3) is 0 Å². The molecule has 1 aromatic rings. The van der Waals surface area contributed by atoms with E-state index < -0.39 is 0 Å². The van der Waals surface area contributed by atoms with Gasteiger partial charge in [0.2, 0.25) is 0 Å². The summed E-state index contributed by atoms with van der Waals surface area (Å²) in [5.74, 6) is 1.69. The maximum atomic E-state index is 5.66. The second-order valence-corrected chi connectivity index (χ2v) is 4.94. The summed E-state index contributed by atoms with van der Waals surface area (Å²) < 4.78 is 0. The van der Waals surface area contributed by atoms with Gasteiger partial charge in [0.05, 0.1) is 0 Å². The van der Waals surface area contributed by atoms with Crippen molar-refractivity contribution in [1.82, 2.24) is 4.98 Å². The van der Waals surface area contributed by atoms with Crippen molar-refractivity contribution in [3.05, 3.63) is 23.9 Å². The minimum absolute atomic E-state index is 0.505. The number of aromatic nitrogens is 1. The van der Waals surface area contributed by atoms with Crippen LogP contribution in [-0.4, -0.2) is 24.6 Å². The zero-order valence-electron chi connectivity index (χ0n) is 10.7. The van der Waals surface area contributed by atoms with Crippen LogP contribution in [0.15, 0.2) is 18.3 Å². The van der Waals surface area contributed by atoms with Gasteiger partial charge < -0.3 is 10.6 Å². The minimum Gasteiger partial charge on any atom is -0.356 e. The number of piperidine rings is 1. The monoisotopic (exact) mass is 233 g/mol. The van der Waals surface area contributed by atoms with E-state index >= 15 is 0 Å². The number of hydrogen-bond donors (Lipinski definition) is 1. The molecule has 0 bridgehead atoms. The van der Waals surface area contributed by atoms with Gasteiger partial charge in [0, 0.05) is 19.3 Å². The van der Waals surface area contributed by atoms with Gasteiger partial charge in [-0.3, -0.25) is 0 Å². The lowest BCUT2D eigenvalue weighted by Crippen LogP contribution is -2.31. The fourth-order valence-corrected chi connectivity index (χ4v) is 2.57. The summed E-state index contributed by atoms with van der Waals surface area (Å²) in [6.07, 6.45) is 6.88. The van der Waals surface area contributed by atoms with E-state index in [-0.39, 0.29) is 0 Å². The summed E-state index contributed by atoms with van der Waals surface area (Å²) in [5, 5.41) is 0. The molecule has 0 aliphatic carbocycles. The molecule has 2 N–H and O–H groups in total. The summed E-state index contributed by atoms with van der Waals surface area (Å²) in [5.41, 5.74) is 7.02. The Balaban J connectivity index is 2.19. The van der Waals surface area contributed by atoms with E-state index in [1.165, 1.54) is 30.6 Å². The Hall–Kier alpha value is -1.09. The normalized spacial score (nSPS) is 18.1. The van der Waals surface area contributed by atoms with Gasteiger partial charge in [-0.1, -0.05) is 13.0 Å². The van der Waals surface area contributed by atoms with Crippen LogP contribution in [-0.2, 0) is 0 Å². The molecular weight excluding hydrogens is 210 g/mol. The molecule has 1 aliphatic heterocycles. The highest BCUT2D eigenvalue weighted by Crippen LogP contribution is 2.28. The molecule has 0 radical (unpaired) electrons. The van der Waals surface area contributed by atoms with E-state index in [1.54, 1.807) is 0 Å². The standard InChI is InChI=1S/C14H23N3/c1-12(7-8-15)13-6-5-9-16-14(13)17-10-3-2-4-11-17/h5-6,9,12H,2-4,7-8,10-11,15H2,1H3. The Labute approximate surface area is 104 Å². The number of rotatable bonds is 4. The maximum Gasteiger partial charge on any atom is 0.131 e. The first kappa shape index (κ1) is 12.4. The van der Waals surface area contributed by atoms with Gasteiger partial charge in [-0.2, -0.15) is 0 Å². The second-order valence-electron chi connectivity index (χ2n) is 4.94. The number of hydrogen-bond acceptors (Lipinski definition) is 3. The molecule has 1 aromatic heterocycles. The van der Waals surface area contributed by atoms with Gasteiger partial charge >= 0.3 is 0 Å². The lowest BCUT2D eigenvalue weighted by atomic mass is 9.97. The van der Waals surface area contributed by atoms with Crippen LogP contribution in [0.4, 0.5) is 5.82 Å². The van der Waals surface area contributed by atoms with Gasteiger partial charge in [-0.05, 0) is 49.8 Å². The van der Waals surface area contributed by atoms with Crippen molar-refractivity contribution in [3.8, 4) is 0 Å². The fraction of sp³-hybridized carbons (Fsp3) is 0.643. The van der Waals surface area contributed by atoms with Crippen molar-refractivity contribution >= 4 is 5.82 Å². The Morgan fingerprint density at radius 2 is 2.12 bits per heavy atom. The van der Waals surface area contributed by atoms with Crippen molar-refractivity contribution in [2.24, 2.45) is 5.73 Å². The molecule has 17 heavy (non-hydrogen) atoms. The maximum absolute atomic E-state index is 5.66. The SMILES string of the molecule is CC(CCN)c1cccnc1N1CCCCC1. The van der Waals surface area contributed by atoms with E-state index in [1.807, 2.05) is 12.3 Å². The van der Waals surface area contributed by atoms with Crippen molar-refractivity contribution in [1.29, 1.82) is 0 Å². The fourth-order valence-electron chi connectivity index (χ4n) is 2.57. The average Bonchev–Trinajstić information content (AvgIpc) is 2.40. The highest BCUT2D eigenvalue weighted by molar-refractivity contribution is 5.48. The number of anilines is 1. The predicted octanol–water partition coefficient (Wildman–Crippen LogP) is 2.52. The van der Waals surface area contributed by atoms with Crippen LogP contribution in [0.1, 0.15) is 44.1 Å². The smallest absolute Gasteiger partial charge is 0.131 e. The van der Waals surface area contributed by atoms with Gasteiger partial charge in [-0.15, -0.1) is 0 Å². The molecule has 0 spiro atoms. The molecule has 1 unspecified atom stereocenters. The lowest BCUT2D eigenvalue weighted by molar-refractivity contribution is 0.567. The Morgan fingerprint density at radius 1 is 1.35 bits per heavy atom. The largest absolute Gasteiger partial charge is 0.356 e. The van der Waals surface area contributed by atoms with E-state index in [9.17, 15) is 0 Å². The Morgan fingerprint density at radius 3 is 2.82 bits per heavy atom. The minimum atomic E-state index is 0.505.